The Bertz CT molecular complexity index is 1650. The third-order valence-corrected chi connectivity index (χ3v) is 5.76. The molecule has 1 amide bonds. The number of nitrogens with one attached hydrogen (secondary N) is 1. The summed E-state index contributed by atoms with van der Waals surface area (Å²) in [5.74, 6) is 0.539. The molecule has 7 nitrogen and oxygen atoms in total. The molecule has 37 heavy (non-hydrogen) atoms. The topological polar surface area (TPSA) is 85.6 Å². The number of nitrogens with zero attached hydrogens (tertiary/aromatic N) is 3. The van der Waals surface area contributed by atoms with Gasteiger partial charge in [0, 0.05) is 21.8 Å². The Kier molecular flexibility index (Phi) is 7.05. The van der Waals surface area contributed by atoms with Crippen molar-refractivity contribution >= 4 is 40.3 Å². The molecule has 0 aliphatic heterocycles. The van der Waals surface area contributed by atoms with Gasteiger partial charge < -0.3 is 10.1 Å². The van der Waals surface area contributed by atoms with E-state index in [-0.39, 0.29) is 18.1 Å². The molecule has 0 radical (unpaired) electrons. The lowest BCUT2D eigenvalue weighted by atomic mass is 10.2. The van der Waals surface area contributed by atoms with Gasteiger partial charge in [-0.25, -0.2) is 4.98 Å². The number of para-hydroxylation sites is 2. The number of hydrogen-bond donors (Lipinski definition) is 1. The fourth-order valence-electron chi connectivity index (χ4n) is 3.72. The predicted molar refractivity (Wildman–Crippen MR) is 146 cm³/mol. The molecular weight excluding hydrogens is 488 g/mol. The van der Waals surface area contributed by atoms with Gasteiger partial charge >= 0.3 is 0 Å². The third kappa shape index (κ3) is 5.58. The largest absolute Gasteiger partial charge is 0.483 e. The van der Waals surface area contributed by atoms with Gasteiger partial charge in [-0.15, -0.1) is 0 Å². The first-order valence-corrected chi connectivity index (χ1v) is 11.8. The highest BCUT2D eigenvalue weighted by atomic mass is 35.5. The van der Waals surface area contributed by atoms with Crippen molar-refractivity contribution in [1.29, 1.82) is 0 Å². The number of carbonyl (C=O) groups is 1. The van der Waals surface area contributed by atoms with Gasteiger partial charge in [-0.2, -0.15) is 9.78 Å². The summed E-state index contributed by atoms with van der Waals surface area (Å²) >= 11 is 5.89. The molecule has 1 aromatic heterocycles. The van der Waals surface area contributed by atoms with Crippen LogP contribution in [0.3, 0.4) is 0 Å². The standard InChI is InChI=1S/C29H21ClN4O3/c30-22-14-16-23(17-15-22)32-27(35)19-37-26-13-7-4-10-21(26)18-31-34-28(20-8-2-1-3-9-20)33-25-12-6-5-11-24(25)29(34)36/h1-18H,19H2,(H,32,35). The highest BCUT2D eigenvalue weighted by molar-refractivity contribution is 6.30. The van der Waals surface area contributed by atoms with Gasteiger partial charge in [0.05, 0.1) is 17.1 Å². The molecule has 0 saturated heterocycles. The summed E-state index contributed by atoms with van der Waals surface area (Å²) in [6, 6.07) is 30.5. The summed E-state index contributed by atoms with van der Waals surface area (Å²) in [6.45, 7) is -0.208. The molecule has 5 rings (SSSR count). The van der Waals surface area contributed by atoms with Crippen LogP contribution in [0.2, 0.25) is 5.02 Å². The Morgan fingerprint density at radius 1 is 0.919 bits per heavy atom. The molecule has 0 bridgehead atoms. The van der Waals surface area contributed by atoms with Crippen molar-refractivity contribution in [2.45, 2.75) is 0 Å². The Balaban J connectivity index is 1.43. The molecule has 0 spiro atoms. The van der Waals surface area contributed by atoms with Crippen molar-refractivity contribution in [2.75, 3.05) is 11.9 Å². The van der Waals surface area contributed by atoms with E-state index in [9.17, 15) is 9.59 Å². The number of halogens is 1. The van der Waals surface area contributed by atoms with Gasteiger partial charge in [0.15, 0.2) is 12.4 Å². The molecule has 5 aromatic rings. The van der Waals surface area contributed by atoms with Gasteiger partial charge in [0.2, 0.25) is 0 Å². The van der Waals surface area contributed by atoms with E-state index in [1.807, 2.05) is 42.5 Å². The number of benzene rings is 4. The number of ether oxygens (including phenoxy) is 1. The quantitative estimate of drug-likeness (QED) is 0.289. The van der Waals surface area contributed by atoms with Gasteiger partial charge in [-0.05, 0) is 48.5 Å². The Morgan fingerprint density at radius 2 is 1.62 bits per heavy atom. The predicted octanol–water partition coefficient (Wildman–Crippen LogP) is 5.62. The number of carbonyl (C=O) groups excluding carboxylic acids is 1. The number of rotatable bonds is 7. The van der Waals surface area contributed by atoms with Crippen LogP contribution in [0.15, 0.2) is 113 Å². The van der Waals surface area contributed by atoms with E-state index in [1.54, 1.807) is 60.7 Å². The lowest BCUT2D eigenvalue weighted by Gasteiger charge is -2.11. The fraction of sp³-hybridized carbons (Fsp3) is 0.0345. The number of fused-ring (bicyclic) bond motifs is 1. The summed E-state index contributed by atoms with van der Waals surface area (Å²) < 4.78 is 7.05. The highest BCUT2D eigenvalue weighted by Gasteiger charge is 2.12. The summed E-state index contributed by atoms with van der Waals surface area (Å²) in [4.78, 5) is 30.4. The smallest absolute Gasteiger partial charge is 0.282 e. The second kappa shape index (κ2) is 10.9. The van der Waals surface area contributed by atoms with Crippen molar-refractivity contribution in [3.63, 3.8) is 0 Å². The minimum atomic E-state index is -0.324. The SMILES string of the molecule is O=C(COc1ccccc1C=Nn1c(-c2ccccc2)nc2ccccc2c1=O)Nc1ccc(Cl)cc1. The molecular formula is C29H21ClN4O3. The maximum Gasteiger partial charge on any atom is 0.282 e. The summed E-state index contributed by atoms with van der Waals surface area (Å²) in [6.07, 6.45) is 1.52. The normalized spacial score (nSPS) is 11.1. The minimum absolute atomic E-state index is 0.208. The van der Waals surface area contributed by atoms with Crippen molar-refractivity contribution in [3.05, 3.63) is 124 Å². The maximum atomic E-state index is 13.4. The van der Waals surface area contributed by atoms with Gasteiger partial charge in [0.25, 0.3) is 11.5 Å². The summed E-state index contributed by atoms with van der Waals surface area (Å²) in [5.41, 5.74) is 2.27. The van der Waals surface area contributed by atoms with Crippen LogP contribution in [0, 0.1) is 0 Å². The van der Waals surface area contributed by atoms with Crippen molar-refractivity contribution in [3.8, 4) is 17.1 Å². The van der Waals surface area contributed by atoms with Crippen molar-refractivity contribution in [1.82, 2.24) is 9.66 Å². The summed E-state index contributed by atoms with van der Waals surface area (Å²) in [7, 11) is 0. The van der Waals surface area contributed by atoms with E-state index < -0.39 is 0 Å². The van der Waals surface area contributed by atoms with Crippen LogP contribution < -0.4 is 15.6 Å². The second-order valence-electron chi connectivity index (χ2n) is 8.06. The van der Waals surface area contributed by atoms with Gasteiger partial charge in [-0.3, -0.25) is 9.59 Å². The van der Waals surface area contributed by atoms with E-state index in [0.717, 1.165) is 5.56 Å². The molecule has 1 heterocycles. The number of hydrogen-bond acceptors (Lipinski definition) is 5. The monoisotopic (exact) mass is 508 g/mol. The first-order chi connectivity index (χ1) is 18.1. The number of aromatic nitrogens is 2. The average molecular weight is 509 g/mol. The number of anilines is 1. The van der Waals surface area contributed by atoms with Crippen LogP contribution in [0.1, 0.15) is 5.56 Å². The van der Waals surface area contributed by atoms with Crippen molar-refractivity contribution in [2.24, 2.45) is 5.10 Å². The first-order valence-electron chi connectivity index (χ1n) is 11.5. The Morgan fingerprint density at radius 3 is 2.43 bits per heavy atom. The molecule has 0 aliphatic carbocycles. The van der Waals surface area contributed by atoms with E-state index in [2.05, 4.69) is 10.4 Å². The van der Waals surface area contributed by atoms with E-state index >= 15 is 0 Å². The molecule has 182 valence electrons. The van der Waals surface area contributed by atoms with Crippen molar-refractivity contribution < 1.29 is 9.53 Å². The van der Waals surface area contributed by atoms with E-state index in [1.165, 1.54) is 10.9 Å². The van der Waals surface area contributed by atoms with Crippen LogP contribution >= 0.6 is 11.6 Å². The lowest BCUT2D eigenvalue weighted by Crippen LogP contribution is -2.21. The Labute approximate surface area is 217 Å². The zero-order valence-corrected chi connectivity index (χ0v) is 20.3. The first kappa shape index (κ1) is 24.0. The van der Waals surface area contributed by atoms with Crippen LogP contribution in [0.5, 0.6) is 5.75 Å². The average Bonchev–Trinajstić information content (AvgIpc) is 2.93. The molecule has 0 aliphatic rings. The molecule has 0 atom stereocenters. The fourth-order valence-corrected chi connectivity index (χ4v) is 3.84. The molecule has 0 fully saturated rings. The van der Waals surface area contributed by atoms with E-state index in [4.69, 9.17) is 21.3 Å². The maximum absolute atomic E-state index is 13.4. The molecule has 1 N–H and O–H groups in total. The van der Waals surface area contributed by atoms with E-state index in [0.29, 0.717) is 38.8 Å². The highest BCUT2D eigenvalue weighted by Crippen LogP contribution is 2.20. The van der Waals surface area contributed by atoms with Gasteiger partial charge in [0.1, 0.15) is 5.75 Å². The second-order valence-corrected chi connectivity index (χ2v) is 8.50. The van der Waals surface area contributed by atoms with Gasteiger partial charge in [-0.1, -0.05) is 66.2 Å². The summed E-state index contributed by atoms with van der Waals surface area (Å²) in [5, 5.41) is 8.29. The zero-order chi connectivity index (χ0) is 25.6. The third-order valence-electron chi connectivity index (χ3n) is 5.50. The van der Waals surface area contributed by atoms with Crippen LogP contribution in [-0.2, 0) is 4.79 Å². The van der Waals surface area contributed by atoms with Crippen LogP contribution in [0.4, 0.5) is 5.69 Å². The Hall–Kier alpha value is -4.75. The molecule has 0 unspecified atom stereocenters. The molecule has 4 aromatic carbocycles. The number of amides is 1. The lowest BCUT2D eigenvalue weighted by molar-refractivity contribution is -0.118. The van der Waals surface area contributed by atoms with Crippen LogP contribution in [-0.4, -0.2) is 28.4 Å². The molecule has 8 heteroatoms. The van der Waals surface area contributed by atoms with Crippen LogP contribution in [0.25, 0.3) is 22.3 Å². The zero-order valence-electron chi connectivity index (χ0n) is 19.5. The molecule has 0 saturated carbocycles. The minimum Gasteiger partial charge on any atom is -0.483 e.